The summed E-state index contributed by atoms with van der Waals surface area (Å²) in [7, 11) is 0. The molecule has 1 aromatic heterocycles. The number of carbonyl (C=O) groups is 1. The number of benzene rings is 1. The highest BCUT2D eigenvalue weighted by Gasteiger charge is 2.01. The number of pyridine rings is 1. The molecule has 1 aromatic carbocycles. The average molecular weight is 257 g/mol. The first-order chi connectivity index (χ1) is 9.24. The minimum Gasteiger partial charge on any atom is -0.493 e. The molecule has 4 heteroatoms. The fraction of sp³-hybridized carbons (Fsp3) is 0.200. The zero-order valence-electron chi connectivity index (χ0n) is 10.5. The van der Waals surface area contributed by atoms with Gasteiger partial charge in [0.25, 0.3) is 0 Å². The van der Waals surface area contributed by atoms with Gasteiger partial charge >= 0.3 is 5.97 Å². The smallest absolute Gasteiger partial charge is 0.307 e. The van der Waals surface area contributed by atoms with Crippen LogP contribution in [-0.2, 0) is 17.6 Å². The molecule has 98 valence electrons. The van der Waals surface area contributed by atoms with E-state index in [9.17, 15) is 4.79 Å². The van der Waals surface area contributed by atoms with Crippen LogP contribution < -0.4 is 4.74 Å². The first kappa shape index (κ1) is 13.1. The van der Waals surface area contributed by atoms with Gasteiger partial charge in [-0.1, -0.05) is 18.2 Å². The Balaban J connectivity index is 1.81. The molecule has 1 N–H and O–H groups in total. The Labute approximate surface area is 111 Å². The van der Waals surface area contributed by atoms with Crippen molar-refractivity contribution in [3.05, 3.63) is 59.9 Å². The summed E-state index contributed by atoms with van der Waals surface area (Å²) in [4.78, 5) is 14.6. The fourth-order valence-corrected chi connectivity index (χ4v) is 1.71. The Hall–Kier alpha value is -2.36. The number of aliphatic carboxylic acids is 1. The molecule has 0 aliphatic carbocycles. The summed E-state index contributed by atoms with van der Waals surface area (Å²) in [6.45, 7) is 0.573. The second kappa shape index (κ2) is 6.54. The lowest BCUT2D eigenvalue weighted by molar-refractivity contribution is -0.136. The predicted molar refractivity (Wildman–Crippen MR) is 71.2 cm³/mol. The summed E-state index contributed by atoms with van der Waals surface area (Å²) < 4.78 is 5.59. The van der Waals surface area contributed by atoms with Gasteiger partial charge in [-0.25, -0.2) is 0 Å². The van der Waals surface area contributed by atoms with Crippen LogP contribution in [0.15, 0.2) is 48.8 Å². The van der Waals surface area contributed by atoms with E-state index in [-0.39, 0.29) is 6.42 Å². The minimum atomic E-state index is -0.828. The summed E-state index contributed by atoms with van der Waals surface area (Å²) in [5.74, 6) is -0.0803. The molecule has 0 unspecified atom stereocenters. The van der Waals surface area contributed by atoms with E-state index in [0.29, 0.717) is 6.61 Å². The van der Waals surface area contributed by atoms with Gasteiger partial charge in [-0.3, -0.25) is 9.78 Å². The van der Waals surface area contributed by atoms with Crippen LogP contribution in [0.2, 0.25) is 0 Å². The van der Waals surface area contributed by atoms with E-state index in [1.165, 1.54) is 0 Å². The van der Waals surface area contributed by atoms with Gasteiger partial charge in [0.05, 0.1) is 13.0 Å². The van der Waals surface area contributed by atoms with Crippen molar-refractivity contribution >= 4 is 5.97 Å². The molecule has 0 aliphatic rings. The lowest BCUT2D eigenvalue weighted by Gasteiger charge is -2.06. The maximum atomic E-state index is 10.5. The monoisotopic (exact) mass is 257 g/mol. The molecule has 0 atom stereocenters. The maximum absolute atomic E-state index is 10.5. The number of aromatic nitrogens is 1. The zero-order valence-corrected chi connectivity index (χ0v) is 10.5. The van der Waals surface area contributed by atoms with Crippen LogP contribution in [0.5, 0.6) is 5.75 Å². The lowest BCUT2D eigenvalue weighted by atomic mass is 10.1. The summed E-state index contributed by atoms with van der Waals surface area (Å²) in [6, 6.07) is 11.0. The topological polar surface area (TPSA) is 59.4 Å². The van der Waals surface area contributed by atoms with E-state index in [0.717, 1.165) is 23.3 Å². The second-order valence-corrected chi connectivity index (χ2v) is 4.17. The molecule has 1 heterocycles. The standard InChI is InChI=1S/C15H15NO3/c17-15(18)10-12-3-5-14(6-4-12)19-9-7-13-2-1-8-16-11-13/h1-6,8,11H,7,9-10H2,(H,17,18). The quantitative estimate of drug-likeness (QED) is 0.862. The Morgan fingerprint density at radius 2 is 1.95 bits per heavy atom. The highest BCUT2D eigenvalue weighted by atomic mass is 16.5. The first-order valence-electron chi connectivity index (χ1n) is 6.06. The third-order valence-corrected chi connectivity index (χ3v) is 2.66. The molecule has 0 radical (unpaired) electrons. The number of rotatable bonds is 6. The van der Waals surface area contributed by atoms with Gasteiger partial charge in [-0.15, -0.1) is 0 Å². The summed E-state index contributed by atoms with van der Waals surface area (Å²) >= 11 is 0. The number of hydrogen-bond donors (Lipinski definition) is 1. The van der Waals surface area contributed by atoms with E-state index >= 15 is 0 Å². The molecule has 19 heavy (non-hydrogen) atoms. The zero-order chi connectivity index (χ0) is 13.5. The van der Waals surface area contributed by atoms with Crippen LogP contribution in [0, 0.1) is 0 Å². The van der Waals surface area contributed by atoms with Crippen LogP contribution in [0.25, 0.3) is 0 Å². The largest absolute Gasteiger partial charge is 0.493 e. The third kappa shape index (κ3) is 4.43. The van der Waals surface area contributed by atoms with Crippen molar-refractivity contribution in [2.24, 2.45) is 0 Å². The van der Waals surface area contributed by atoms with E-state index in [2.05, 4.69) is 4.98 Å². The van der Waals surface area contributed by atoms with E-state index in [1.807, 2.05) is 18.3 Å². The van der Waals surface area contributed by atoms with Gasteiger partial charge in [-0.2, -0.15) is 0 Å². The minimum absolute atomic E-state index is 0.0377. The number of carboxylic acids is 1. The van der Waals surface area contributed by atoms with Gasteiger partial charge in [0.15, 0.2) is 0 Å². The number of ether oxygens (including phenoxy) is 1. The van der Waals surface area contributed by atoms with Crippen molar-refractivity contribution in [3.8, 4) is 5.75 Å². The molecule has 0 saturated heterocycles. The van der Waals surface area contributed by atoms with Crippen LogP contribution in [0.4, 0.5) is 0 Å². The van der Waals surface area contributed by atoms with Crippen molar-refractivity contribution in [1.29, 1.82) is 0 Å². The average Bonchev–Trinajstić information content (AvgIpc) is 2.41. The fourth-order valence-electron chi connectivity index (χ4n) is 1.71. The molecule has 0 fully saturated rings. The van der Waals surface area contributed by atoms with E-state index in [1.54, 1.807) is 30.5 Å². The van der Waals surface area contributed by atoms with Crippen LogP contribution in [-0.4, -0.2) is 22.7 Å². The van der Waals surface area contributed by atoms with Gasteiger partial charge < -0.3 is 9.84 Å². The molecule has 2 rings (SSSR count). The van der Waals surface area contributed by atoms with Crippen molar-refractivity contribution < 1.29 is 14.6 Å². The van der Waals surface area contributed by atoms with Crippen LogP contribution in [0.1, 0.15) is 11.1 Å². The summed E-state index contributed by atoms with van der Waals surface area (Å²) in [6.07, 6.45) is 4.39. The number of hydrogen-bond acceptors (Lipinski definition) is 3. The van der Waals surface area contributed by atoms with Crippen molar-refractivity contribution in [2.75, 3.05) is 6.61 Å². The van der Waals surface area contributed by atoms with E-state index < -0.39 is 5.97 Å². The predicted octanol–water partition coefficient (Wildman–Crippen LogP) is 2.33. The molecular weight excluding hydrogens is 242 g/mol. The van der Waals surface area contributed by atoms with Crippen molar-refractivity contribution in [2.45, 2.75) is 12.8 Å². The maximum Gasteiger partial charge on any atom is 0.307 e. The molecule has 0 saturated carbocycles. The van der Waals surface area contributed by atoms with Gasteiger partial charge in [0.1, 0.15) is 5.75 Å². The third-order valence-electron chi connectivity index (χ3n) is 2.66. The normalized spacial score (nSPS) is 10.1. The Morgan fingerprint density at radius 1 is 1.16 bits per heavy atom. The SMILES string of the molecule is O=C(O)Cc1ccc(OCCc2cccnc2)cc1. The Kier molecular flexibility index (Phi) is 4.50. The van der Waals surface area contributed by atoms with Gasteiger partial charge in [0, 0.05) is 18.8 Å². The summed E-state index contributed by atoms with van der Waals surface area (Å²) in [5.41, 5.74) is 1.90. The number of nitrogens with zero attached hydrogens (tertiary/aromatic N) is 1. The molecule has 0 bridgehead atoms. The van der Waals surface area contributed by atoms with Crippen LogP contribution >= 0.6 is 0 Å². The second-order valence-electron chi connectivity index (χ2n) is 4.17. The Bertz CT molecular complexity index is 523. The highest BCUT2D eigenvalue weighted by molar-refractivity contribution is 5.70. The molecule has 0 spiro atoms. The van der Waals surface area contributed by atoms with Crippen molar-refractivity contribution in [3.63, 3.8) is 0 Å². The van der Waals surface area contributed by atoms with Gasteiger partial charge in [-0.05, 0) is 29.3 Å². The molecule has 2 aromatic rings. The van der Waals surface area contributed by atoms with Crippen LogP contribution in [0.3, 0.4) is 0 Å². The van der Waals surface area contributed by atoms with E-state index in [4.69, 9.17) is 9.84 Å². The Morgan fingerprint density at radius 3 is 2.58 bits per heavy atom. The number of carboxylic acid groups (broad SMARTS) is 1. The molecule has 0 amide bonds. The summed E-state index contributed by atoms with van der Waals surface area (Å²) in [5, 5.41) is 8.67. The van der Waals surface area contributed by atoms with Crippen molar-refractivity contribution in [1.82, 2.24) is 4.98 Å². The molecular formula is C15H15NO3. The molecule has 4 nitrogen and oxygen atoms in total. The van der Waals surface area contributed by atoms with Gasteiger partial charge in [0.2, 0.25) is 0 Å². The molecule has 0 aliphatic heterocycles. The lowest BCUT2D eigenvalue weighted by Crippen LogP contribution is -2.02. The highest BCUT2D eigenvalue weighted by Crippen LogP contribution is 2.13. The first-order valence-corrected chi connectivity index (χ1v) is 6.06.